The van der Waals surface area contributed by atoms with Gasteiger partial charge in [-0.3, -0.25) is 0 Å². The van der Waals surface area contributed by atoms with Gasteiger partial charge in [0.15, 0.2) is 11.6 Å². The molecule has 20 heavy (non-hydrogen) atoms. The first-order valence-corrected chi connectivity index (χ1v) is 5.83. The Balaban J connectivity index is 1.92. The van der Waals surface area contributed by atoms with Gasteiger partial charge in [0, 0.05) is 5.69 Å². The van der Waals surface area contributed by atoms with Gasteiger partial charge in [0.05, 0.1) is 23.0 Å². The summed E-state index contributed by atoms with van der Waals surface area (Å²) in [6.45, 7) is 0. The largest absolute Gasteiger partial charge is 0.478 e. The van der Waals surface area contributed by atoms with Crippen LogP contribution in [-0.4, -0.2) is 26.0 Å². The molecule has 1 aromatic carbocycles. The van der Waals surface area contributed by atoms with E-state index in [1.807, 2.05) is 0 Å². The maximum absolute atomic E-state index is 10.9. The Kier molecular flexibility index (Phi) is 2.72. The van der Waals surface area contributed by atoms with Crippen molar-refractivity contribution in [3.8, 4) is 0 Å². The summed E-state index contributed by atoms with van der Waals surface area (Å²) >= 11 is 0. The van der Waals surface area contributed by atoms with Crippen LogP contribution in [0.3, 0.4) is 0 Å². The molecule has 2 aromatic heterocycles. The van der Waals surface area contributed by atoms with Gasteiger partial charge < -0.3 is 21.1 Å². The van der Waals surface area contributed by atoms with Crippen molar-refractivity contribution in [1.82, 2.24) is 15.0 Å². The molecule has 0 spiro atoms. The third kappa shape index (κ3) is 2.24. The number of nitrogens with one attached hydrogen (secondary N) is 2. The van der Waals surface area contributed by atoms with Crippen molar-refractivity contribution >= 4 is 34.5 Å². The van der Waals surface area contributed by atoms with Crippen LogP contribution in [0.5, 0.6) is 0 Å². The van der Waals surface area contributed by atoms with E-state index in [4.69, 9.17) is 10.8 Å². The average molecular weight is 269 g/mol. The second kappa shape index (κ2) is 4.54. The highest BCUT2D eigenvalue weighted by Crippen LogP contribution is 2.20. The molecule has 2 heterocycles. The molecule has 0 radical (unpaired) electrons. The van der Waals surface area contributed by atoms with Crippen LogP contribution in [-0.2, 0) is 0 Å². The molecule has 7 heteroatoms. The number of fused-ring (bicyclic) bond motifs is 1. The van der Waals surface area contributed by atoms with E-state index in [0.29, 0.717) is 28.5 Å². The van der Waals surface area contributed by atoms with Gasteiger partial charge in [-0.15, -0.1) is 0 Å². The highest BCUT2D eigenvalue weighted by molar-refractivity contribution is 5.89. The zero-order valence-electron chi connectivity index (χ0n) is 10.3. The molecular formula is C13H11N5O2. The van der Waals surface area contributed by atoms with Gasteiger partial charge in [0.1, 0.15) is 0 Å². The molecule has 0 aliphatic rings. The summed E-state index contributed by atoms with van der Waals surface area (Å²) in [5.41, 5.74) is 8.39. The molecular weight excluding hydrogens is 258 g/mol. The summed E-state index contributed by atoms with van der Waals surface area (Å²) in [6.07, 6.45) is 1.61. The van der Waals surface area contributed by atoms with Crippen molar-refractivity contribution in [2.45, 2.75) is 0 Å². The van der Waals surface area contributed by atoms with Gasteiger partial charge in [-0.25, -0.2) is 9.78 Å². The Morgan fingerprint density at radius 2 is 2.15 bits per heavy atom. The molecule has 0 aliphatic heterocycles. The van der Waals surface area contributed by atoms with Gasteiger partial charge in [-0.2, -0.15) is 4.98 Å². The minimum atomic E-state index is -0.969. The maximum atomic E-state index is 10.9. The molecule has 0 atom stereocenters. The first-order chi connectivity index (χ1) is 9.61. The number of aromatic amines is 1. The highest BCUT2D eigenvalue weighted by atomic mass is 16.4. The lowest BCUT2D eigenvalue weighted by molar-refractivity contribution is 0.0697. The predicted molar refractivity (Wildman–Crippen MR) is 75.0 cm³/mol. The lowest BCUT2D eigenvalue weighted by atomic mass is 10.2. The van der Waals surface area contributed by atoms with E-state index in [9.17, 15) is 4.79 Å². The number of aromatic nitrogens is 3. The summed E-state index contributed by atoms with van der Waals surface area (Å²) < 4.78 is 0. The minimum absolute atomic E-state index is 0.217. The number of carbonyl (C=O) groups is 1. The number of pyridine rings is 1. The first-order valence-electron chi connectivity index (χ1n) is 5.83. The number of aromatic carboxylic acids is 1. The van der Waals surface area contributed by atoms with E-state index >= 15 is 0 Å². The zero-order chi connectivity index (χ0) is 14.1. The molecule has 0 unspecified atom stereocenters. The number of benzene rings is 1. The topological polar surface area (TPSA) is 117 Å². The third-order valence-corrected chi connectivity index (χ3v) is 2.75. The van der Waals surface area contributed by atoms with Crippen molar-refractivity contribution in [3.05, 3.63) is 42.1 Å². The van der Waals surface area contributed by atoms with E-state index in [-0.39, 0.29) is 5.56 Å². The van der Waals surface area contributed by atoms with Crippen LogP contribution in [0.2, 0.25) is 0 Å². The molecule has 5 N–H and O–H groups in total. The SMILES string of the molecule is Nc1nc2ncc(Nc3cccc(C(=O)O)c3)cc2[nH]1. The monoisotopic (exact) mass is 269 g/mol. The molecule has 3 rings (SSSR count). The molecule has 100 valence electrons. The van der Waals surface area contributed by atoms with Gasteiger partial charge in [0.2, 0.25) is 0 Å². The molecule has 7 nitrogen and oxygen atoms in total. The third-order valence-electron chi connectivity index (χ3n) is 2.75. The van der Waals surface area contributed by atoms with E-state index in [2.05, 4.69) is 20.3 Å². The Bertz CT molecular complexity index is 796. The Morgan fingerprint density at radius 1 is 1.30 bits per heavy atom. The number of hydrogen-bond donors (Lipinski definition) is 4. The second-order valence-corrected chi connectivity index (χ2v) is 4.23. The lowest BCUT2D eigenvalue weighted by Gasteiger charge is -2.06. The van der Waals surface area contributed by atoms with E-state index in [1.54, 1.807) is 30.5 Å². The van der Waals surface area contributed by atoms with Crippen LogP contribution in [0.1, 0.15) is 10.4 Å². The Morgan fingerprint density at radius 3 is 2.95 bits per heavy atom. The van der Waals surface area contributed by atoms with Crippen LogP contribution in [0.25, 0.3) is 11.2 Å². The van der Waals surface area contributed by atoms with Crippen LogP contribution >= 0.6 is 0 Å². The van der Waals surface area contributed by atoms with Crippen molar-refractivity contribution in [2.75, 3.05) is 11.1 Å². The molecule has 0 aliphatic carbocycles. The minimum Gasteiger partial charge on any atom is -0.478 e. The van der Waals surface area contributed by atoms with Gasteiger partial charge in [-0.1, -0.05) is 6.07 Å². The number of anilines is 3. The number of H-pyrrole nitrogens is 1. The van der Waals surface area contributed by atoms with E-state index in [1.165, 1.54) is 6.07 Å². The van der Waals surface area contributed by atoms with E-state index < -0.39 is 5.97 Å². The smallest absolute Gasteiger partial charge is 0.335 e. The number of nitrogens with zero attached hydrogens (tertiary/aromatic N) is 2. The highest BCUT2D eigenvalue weighted by Gasteiger charge is 2.05. The molecule has 0 fully saturated rings. The lowest BCUT2D eigenvalue weighted by Crippen LogP contribution is -1.98. The number of nitrogen functional groups attached to an aromatic ring is 1. The summed E-state index contributed by atoms with van der Waals surface area (Å²) in [7, 11) is 0. The quantitative estimate of drug-likeness (QED) is 0.577. The maximum Gasteiger partial charge on any atom is 0.335 e. The van der Waals surface area contributed by atoms with E-state index in [0.717, 1.165) is 0 Å². The van der Waals surface area contributed by atoms with Gasteiger partial charge in [-0.05, 0) is 24.3 Å². The van der Waals surface area contributed by atoms with Crippen LogP contribution < -0.4 is 11.1 Å². The molecule has 0 amide bonds. The number of carboxylic acids is 1. The first kappa shape index (κ1) is 12.0. The number of imidazole rings is 1. The molecule has 3 aromatic rings. The van der Waals surface area contributed by atoms with Crippen molar-refractivity contribution in [2.24, 2.45) is 0 Å². The van der Waals surface area contributed by atoms with Gasteiger partial charge >= 0.3 is 5.97 Å². The summed E-state index contributed by atoms with van der Waals surface area (Å²) in [5, 5.41) is 12.0. The van der Waals surface area contributed by atoms with Crippen LogP contribution in [0.15, 0.2) is 36.5 Å². The van der Waals surface area contributed by atoms with Crippen molar-refractivity contribution in [1.29, 1.82) is 0 Å². The fourth-order valence-electron chi connectivity index (χ4n) is 1.88. The summed E-state index contributed by atoms with van der Waals surface area (Å²) in [4.78, 5) is 22.0. The van der Waals surface area contributed by atoms with Crippen LogP contribution in [0, 0.1) is 0 Å². The molecule has 0 bridgehead atoms. The van der Waals surface area contributed by atoms with Crippen molar-refractivity contribution in [3.63, 3.8) is 0 Å². The normalized spacial score (nSPS) is 10.6. The van der Waals surface area contributed by atoms with Crippen molar-refractivity contribution < 1.29 is 9.90 Å². The standard InChI is InChI=1S/C13H11N5O2/c14-13-17-10-5-9(6-15-11(10)18-13)16-8-3-1-2-7(4-8)12(19)20/h1-6,16H,(H,19,20)(H3,14,15,17,18). The number of rotatable bonds is 3. The number of hydrogen-bond acceptors (Lipinski definition) is 5. The average Bonchev–Trinajstić information content (AvgIpc) is 2.78. The second-order valence-electron chi connectivity index (χ2n) is 4.23. The Labute approximate surface area is 113 Å². The number of carboxylic acid groups (broad SMARTS) is 1. The summed E-state index contributed by atoms with van der Waals surface area (Å²) in [6, 6.07) is 8.33. The summed E-state index contributed by atoms with van der Waals surface area (Å²) in [5.74, 6) is -0.666. The molecule has 0 saturated heterocycles. The fourth-order valence-corrected chi connectivity index (χ4v) is 1.88. The Hall–Kier alpha value is -3.09. The zero-order valence-corrected chi connectivity index (χ0v) is 10.3. The predicted octanol–water partition coefficient (Wildman–Crippen LogP) is 1.98. The number of nitrogens with two attached hydrogens (primary N) is 1. The van der Waals surface area contributed by atoms with Crippen LogP contribution in [0.4, 0.5) is 17.3 Å². The fraction of sp³-hybridized carbons (Fsp3) is 0. The molecule has 0 saturated carbocycles. The van der Waals surface area contributed by atoms with Gasteiger partial charge in [0.25, 0.3) is 0 Å².